The molecular formula is C21H33FIN5. The van der Waals surface area contributed by atoms with E-state index in [1.165, 1.54) is 17.7 Å². The van der Waals surface area contributed by atoms with E-state index in [4.69, 9.17) is 0 Å². The third-order valence-electron chi connectivity index (χ3n) is 4.78. The fraction of sp³-hybridized carbons (Fsp3) is 0.524. The topological polar surface area (TPSA) is 45.5 Å². The van der Waals surface area contributed by atoms with Crippen molar-refractivity contribution in [3.05, 3.63) is 53.1 Å². The van der Waals surface area contributed by atoms with Crippen molar-refractivity contribution in [3.63, 3.8) is 0 Å². The van der Waals surface area contributed by atoms with Gasteiger partial charge < -0.3 is 10.2 Å². The third kappa shape index (κ3) is 6.18. The molecule has 0 saturated carbocycles. The minimum Gasteiger partial charge on any atom is -0.355 e. The quantitative estimate of drug-likeness (QED) is 0.365. The number of hydrogen-bond donors (Lipinski definition) is 1. The van der Waals surface area contributed by atoms with Crippen LogP contribution in [-0.2, 0) is 19.0 Å². The van der Waals surface area contributed by atoms with Gasteiger partial charge in [0.1, 0.15) is 5.82 Å². The standard InChI is InChI=1S/C21H32FN5.HI/c1-15(2)19-16(13-27(7)25-19)12-26(6)20(23-5)24-14-21(3,4)17-8-10-18(22)11-9-17;/h8-11,13,15H,12,14H2,1-7H3,(H,23,24);1H. The molecule has 2 aromatic rings. The summed E-state index contributed by atoms with van der Waals surface area (Å²) in [5, 5.41) is 8.03. The molecule has 156 valence electrons. The lowest BCUT2D eigenvalue weighted by atomic mass is 9.84. The van der Waals surface area contributed by atoms with Crippen LogP contribution in [0.15, 0.2) is 35.5 Å². The summed E-state index contributed by atoms with van der Waals surface area (Å²) >= 11 is 0. The summed E-state index contributed by atoms with van der Waals surface area (Å²) in [6, 6.07) is 6.70. The molecule has 0 saturated heterocycles. The second-order valence-electron chi connectivity index (χ2n) is 8.02. The number of nitrogens with zero attached hydrogens (tertiary/aromatic N) is 4. The maximum absolute atomic E-state index is 13.2. The third-order valence-corrected chi connectivity index (χ3v) is 4.78. The molecule has 0 aliphatic carbocycles. The maximum Gasteiger partial charge on any atom is 0.193 e. The highest BCUT2D eigenvalue weighted by molar-refractivity contribution is 14.0. The minimum atomic E-state index is -0.213. The molecule has 0 amide bonds. The van der Waals surface area contributed by atoms with Crippen LogP contribution in [-0.4, -0.2) is 41.3 Å². The van der Waals surface area contributed by atoms with Gasteiger partial charge in [-0.25, -0.2) is 4.39 Å². The van der Waals surface area contributed by atoms with E-state index in [-0.39, 0.29) is 35.2 Å². The fourth-order valence-electron chi connectivity index (χ4n) is 3.18. The van der Waals surface area contributed by atoms with E-state index in [9.17, 15) is 4.39 Å². The highest BCUT2D eigenvalue weighted by atomic mass is 127. The molecule has 0 fully saturated rings. The zero-order chi connectivity index (χ0) is 20.2. The Morgan fingerprint density at radius 3 is 2.43 bits per heavy atom. The van der Waals surface area contributed by atoms with E-state index >= 15 is 0 Å². The SMILES string of the molecule is CN=C(NCC(C)(C)c1ccc(F)cc1)N(C)Cc1cn(C)nc1C(C)C.I. The number of aromatic nitrogens is 2. The summed E-state index contributed by atoms with van der Waals surface area (Å²) in [5.74, 6) is 0.987. The Morgan fingerprint density at radius 2 is 1.89 bits per heavy atom. The van der Waals surface area contributed by atoms with Gasteiger partial charge in [0.2, 0.25) is 0 Å². The van der Waals surface area contributed by atoms with Gasteiger partial charge in [0.15, 0.2) is 5.96 Å². The number of aryl methyl sites for hydroxylation is 1. The van der Waals surface area contributed by atoms with E-state index in [1.807, 2.05) is 30.9 Å². The second kappa shape index (κ2) is 10.2. The van der Waals surface area contributed by atoms with Crippen molar-refractivity contribution in [1.82, 2.24) is 20.0 Å². The molecule has 1 N–H and O–H groups in total. The second-order valence-corrected chi connectivity index (χ2v) is 8.02. The zero-order valence-corrected chi connectivity index (χ0v) is 20.3. The van der Waals surface area contributed by atoms with Crippen molar-refractivity contribution in [3.8, 4) is 0 Å². The van der Waals surface area contributed by atoms with Crippen LogP contribution in [0.5, 0.6) is 0 Å². The first kappa shape index (κ1) is 24.4. The van der Waals surface area contributed by atoms with Crippen LogP contribution in [0.4, 0.5) is 4.39 Å². The van der Waals surface area contributed by atoms with Gasteiger partial charge in [-0.2, -0.15) is 5.10 Å². The number of hydrogen-bond acceptors (Lipinski definition) is 2. The molecule has 2 rings (SSSR count). The Labute approximate surface area is 185 Å². The van der Waals surface area contributed by atoms with Gasteiger partial charge in [-0.15, -0.1) is 24.0 Å². The highest BCUT2D eigenvalue weighted by Crippen LogP contribution is 2.23. The van der Waals surface area contributed by atoms with Crippen molar-refractivity contribution in [2.45, 2.75) is 45.6 Å². The lowest BCUT2D eigenvalue weighted by Crippen LogP contribution is -2.44. The van der Waals surface area contributed by atoms with Gasteiger partial charge in [0, 0.05) is 51.4 Å². The number of aliphatic imine (C=N–C) groups is 1. The van der Waals surface area contributed by atoms with E-state index in [0.717, 1.165) is 23.8 Å². The van der Waals surface area contributed by atoms with E-state index in [1.54, 1.807) is 7.05 Å². The summed E-state index contributed by atoms with van der Waals surface area (Å²) in [4.78, 5) is 6.52. The van der Waals surface area contributed by atoms with Gasteiger partial charge >= 0.3 is 0 Å². The normalized spacial score (nSPS) is 12.1. The molecule has 1 aromatic heterocycles. The van der Waals surface area contributed by atoms with Gasteiger partial charge in [0.25, 0.3) is 0 Å². The van der Waals surface area contributed by atoms with Gasteiger partial charge in [-0.3, -0.25) is 9.67 Å². The first-order valence-corrected chi connectivity index (χ1v) is 9.34. The molecule has 28 heavy (non-hydrogen) atoms. The maximum atomic E-state index is 13.2. The number of halogens is 2. The molecule has 0 aliphatic heterocycles. The molecule has 5 nitrogen and oxygen atoms in total. The Morgan fingerprint density at radius 1 is 1.29 bits per heavy atom. The lowest BCUT2D eigenvalue weighted by Gasteiger charge is -2.29. The highest BCUT2D eigenvalue weighted by Gasteiger charge is 2.22. The average Bonchev–Trinajstić information content (AvgIpc) is 2.96. The molecule has 0 unspecified atom stereocenters. The molecule has 0 atom stereocenters. The molecule has 7 heteroatoms. The molecular weight excluding hydrogens is 468 g/mol. The zero-order valence-electron chi connectivity index (χ0n) is 18.0. The average molecular weight is 501 g/mol. The van der Waals surface area contributed by atoms with Crippen molar-refractivity contribution < 1.29 is 4.39 Å². The predicted octanol–water partition coefficient (Wildman–Crippen LogP) is 4.29. The van der Waals surface area contributed by atoms with Gasteiger partial charge in [-0.1, -0.05) is 39.8 Å². The molecule has 0 aliphatic rings. The number of rotatable bonds is 6. The Bertz CT molecular complexity index is 781. The van der Waals surface area contributed by atoms with Crippen LogP contribution in [0.1, 0.15) is 50.4 Å². The monoisotopic (exact) mass is 501 g/mol. The molecule has 0 radical (unpaired) electrons. The van der Waals surface area contributed by atoms with Crippen molar-refractivity contribution in [2.75, 3.05) is 20.6 Å². The molecule has 1 heterocycles. The number of benzene rings is 1. The summed E-state index contributed by atoms with van der Waals surface area (Å²) in [6.07, 6.45) is 2.07. The minimum absolute atomic E-state index is 0. The van der Waals surface area contributed by atoms with Crippen LogP contribution in [0.25, 0.3) is 0 Å². The first-order valence-electron chi connectivity index (χ1n) is 9.34. The lowest BCUT2D eigenvalue weighted by molar-refractivity contribution is 0.447. The molecule has 1 aromatic carbocycles. The summed E-state index contributed by atoms with van der Waals surface area (Å²) < 4.78 is 15.1. The largest absolute Gasteiger partial charge is 0.355 e. The smallest absolute Gasteiger partial charge is 0.193 e. The van der Waals surface area contributed by atoms with E-state index in [2.05, 4.69) is 54.2 Å². The number of nitrogens with one attached hydrogen (secondary N) is 1. The van der Waals surface area contributed by atoms with Crippen LogP contribution in [0, 0.1) is 5.82 Å². The van der Waals surface area contributed by atoms with Crippen LogP contribution < -0.4 is 5.32 Å². The fourth-order valence-corrected chi connectivity index (χ4v) is 3.18. The molecule has 0 spiro atoms. The van der Waals surface area contributed by atoms with Crippen LogP contribution in [0.3, 0.4) is 0 Å². The summed E-state index contributed by atoms with van der Waals surface area (Å²) in [6.45, 7) is 10.0. The van der Waals surface area contributed by atoms with Gasteiger partial charge in [0.05, 0.1) is 5.69 Å². The van der Waals surface area contributed by atoms with Gasteiger partial charge in [-0.05, 0) is 23.6 Å². The van der Waals surface area contributed by atoms with E-state index < -0.39 is 0 Å². The Hall–Kier alpha value is -1.64. The Kier molecular flexibility index (Phi) is 8.91. The number of guanidine groups is 1. The van der Waals surface area contributed by atoms with Crippen molar-refractivity contribution in [2.24, 2.45) is 12.0 Å². The summed E-state index contributed by atoms with van der Waals surface area (Å²) in [7, 11) is 5.77. The van der Waals surface area contributed by atoms with Crippen LogP contribution in [0.2, 0.25) is 0 Å². The molecule has 0 bridgehead atoms. The summed E-state index contributed by atoms with van der Waals surface area (Å²) in [5.41, 5.74) is 3.26. The van der Waals surface area contributed by atoms with Crippen LogP contribution >= 0.6 is 24.0 Å². The van der Waals surface area contributed by atoms with Crippen molar-refractivity contribution in [1.29, 1.82) is 0 Å². The predicted molar refractivity (Wildman–Crippen MR) is 125 cm³/mol. The van der Waals surface area contributed by atoms with Crippen molar-refractivity contribution >= 4 is 29.9 Å². The Balaban J connectivity index is 0.00000392. The van der Waals surface area contributed by atoms with E-state index in [0.29, 0.717) is 12.5 Å². The first-order chi connectivity index (χ1) is 12.6.